The number of hydrogen-bond donors (Lipinski definition) is 0. The van der Waals surface area contributed by atoms with Gasteiger partial charge in [-0.15, -0.1) is 0 Å². The van der Waals surface area contributed by atoms with E-state index in [1.165, 1.54) is 16.7 Å². The first-order valence-corrected chi connectivity index (χ1v) is 10.7. The third kappa shape index (κ3) is 5.22. The number of fused-ring (bicyclic) bond motifs is 1. The van der Waals surface area contributed by atoms with Crippen molar-refractivity contribution >= 4 is 0 Å². The first-order chi connectivity index (χ1) is 14.5. The third-order valence-corrected chi connectivity index (χ3v) is 5.35. The molecule has 0 saturated heterocycles. The maximum absolute atomic E-state index is 6.27. The Morgan fingerprint density at radius 3 is 2.00 bits per heavy atom. The first kappa shape index (κ1) is 20.5. The minimum Gasteiger partial charge on any atom is -0.492 e. The molecule has 0 spiro atoms. The Morgan fingerprint density at radius 1 is 0.833 bits per heavy atom. The van der Waals surface area contributed by atoms with Crippen LogP contribution in [0.25, 0.3) is 0 Å². The van der Waals surface area contributed by atoms with E-state index in [-0.39, 0.29) is 11.6 Å². The van der Waals surface area contributed by atoms with Crippen LogP contribution in [0.3, 0.4) is 0 Å². The summed E-state index contributed by atoms with van der Waals surface area (Å²) in [5, 5.41) is 0. The summed E-state index contributed by atoms with van der Waals surface area (Å²) in [6, 6.07) is 27.8. The second-order valence-corrected chi connectivity index (χ2v) is 8.99. The van der Waals surface area contributed by atoms with Crippen molar-refractivity contribution in [1.82, 2.24) is 4.90 Å². The lowest BCUT2D eigenvalue weighted by Gasteiger charge is -2.36. The van der Waals surface area contributed by atoms with Crippen LogP contribution in [0.15, 0.2) is 78.9 Å². The Hall–Kier alpha value is -2.78. The lowest BCUT2D eigenvalue weighted by molar-refractivity contribution is 0.0970. The number of ether oxygens (including phenoxy) is 2. The molecule has 3 aromatic carbocycles. The smallest absolute Gasteiger partial charge is 0.127 e. The van der Waals surface area contributed by atoms with Crippen LogP contribution in [-0.2, 0) is 19.5 Å². The summed E-state index contributed by atoms with van der Waals surface area (Å²) in [5.74, 6) is 1.89. The zero-order valence-electron chi connectivity index (χ0n) is 18.2. The molecule has 0 unspecified atom stereocenters. The number of benzene rings is 3. The van der Waals surface area contributed by atoms with Crippen molar-refractivity contribution in [2.45, 2.75) is 51.9 Å². The minimum absolute atomic E-state index is 0.240. The van der Waals surface area contributed by atoms with Gasteiger partial charge in [-0.05, 0) is 50.5 Å². The van der Waals surface area contributed by atoms with E-state index in [1.807, 2.05) is 6.07 Å². The van der Waals surface area contributed by atoms with Gasteiger partial charge in [0.1, 0.15) is 23.7 Å². The Labute approximate surface area is 180 Å². The largest absolute Gasteiger partial charge is 0.492 e. The molecular weight excluding hydrogens is 370 g/mol. The number of hydrogen-bond acceptors (Lipinski definition) is 3. The molecule has 0 fully saturated rings. The lowest BCUT2D eigenvalue weighted by Crippen LogP contribution is -2.42. The summed E-state index contributed by atoms with van der Waals surface area (Å²) in [6.45, 7) is 8.73. The van der Waals surface area contributed by atoms with E-state index in [2.05, 4.69) is 98.5 Å². The van der Waals surface area contributed by atoms with Crippen molar-refractivity contribution in [3.63, 3.8) is 0 Å². The molecule has 30 heavy (non-hydrogen) atoms. The van der Waals surface area contributed by atoms with E-state index in [0.717, 1.165) is 31.0 Å². The van der Waals surface area contributed by atoms with Crippen LogP contribution in [0.4, 0.5) is 0 Å². The second-order valence-electron chi connectivity index (χ2n) is 8.99. The molecule has 1 aliphatic heterocycles. The second kappa shape index (κ2) is 8.93. The summed E-state index contributed by atoms with van der Waals surface area (Å²) in [4.78, 5) is 2.53. The Bertz CT molecular complexity index is 906. The molecule has 3 heteroatoms. The Balaban J connectivity index is 1.60. The molecule has 0 amide bonds. The highest BCUT2D eigenvalue weighted by Gasteiger charge is 2.29. The van der Waals surface area contributed by atoms with Gasteiger partial charge in [0.05, 0.1) is 0 Å². The lowest BCUT2D eigenvalue weighted by atomic mass is 9.98. The van der Waals surface area contributed by atoms with Gasteiger partial charge in [-0.1, -0.05) is 66.7 Å². The molecular formula is C27H31NO2. The van der Waals surface area contributed by atoms with E-state index >= 15 is 0 Å². The summed E-state index contributed by atoms with van der Waals surface area (Å²) in [5.41, 5.74) is 3.57. The highest BCUT2D eigenvalue weighted by atomic mass is 16.5. The number of nitrogens with zero attached hydrogens (tertiary/aromatic N) is 1. The summed E-state index contributed by atoms with van der Waals surface area (Å²) < 4.78 is 12.5. The van der Waals surface area contributed by atoms with Crippen LogP contribution in [-0.4, -0.2) is 23.1 Å². The topological polar surface area (TPSA) is 21.7 Å². The van der Waals surface area contributed by atoms with Gasteiger partial charge in [-0.25, -0.2) is 0 Å². The Morgan fingerprint density at radius 2 is 1.43 bits per heavy atom. The maximum Gasteiger partial charge on any atom is 0.127 e. The molecule has 0 N–H and O–H groups in total. The van der Waals surface area contributed by atoms with Crippen molar-refractivity contribution < 1.29 is 9.47 Å². The van der Waals surface area contributed by atoms with E-state index in [0.29, 0.717) is 6.61 Å². The van der Waals surface area contributed by atoms with E-state index < -0.39 is 0 Å². The van der Waals surface area contributed by atoms with Crippen molar-refractivity contribution in [1.29, 1.82) is 0 Å². The van der Waals surface area contributed by atoms with E-state index in [9.17, 15) is 0 Å². The predicted molar refractivity (Wildman–Crippen MR) is 122 cm³/mol. The standard InChI is InChI=1S/C27H31NO2/c1-27(2,3)30-26-16-10-15-25-24(26)17-23(20-29-25)28(18-21-11-6-4-7-12-21)19-22-13-8-5-9-14-22/h4-16,23H,17-20H2,1-3H3/t23-/m0/s1. The number of rotatable bonds is 6. The molecule has 1 atom stereocenters. The van der Waals surface area contributed by atoms with Gasteiger partial charge in [0.15, 0.2) is 0 Å². The first-order valence-electron chi connectivity index (χ1n) is 10.7. The molecule has 3 nitrogen and oxygen atoms in total. The Kier molecular flexibility index (Phi) is 6.10. The van der Waals surface area contributed by atoms with Crippen molar-refractivity contribution in [2.24, 2.45) is 0 Å². The van der Waals surface area contributed by atoms with Crippen LogP contribution in [0.5, 0.6) is 11.5 Å². The molecule has 1 aliphatic rings. The summed E-state index contributed by atoms with van der Waals surface area (Å²) in [7, 11) is 0. The average molecular weight is 402 g/mol. The van der Waals surface area contributed by atoms with Gasteiger partial charge in [0.2, 0.25) is 0 Å². The summed E-state index contributed by atoms with van der Waals surface area (Å²) in [6.07, 6.45) is 0.918. The van der Waals surface area contributed by atoms with Crippen molar-refractivity contribution in [2.75, 3.05) is 6.61 Å². The van der Waals surface area contributed by atoms with E-state index in [4.69, 9.17) is 9.47 Å². The molecule has 0 bridgehead atoms. The van der Waals surface area contributed by atoms with Gasteiger partial charge in [-0.3, -0.25) is 4.90 Å². The SMILES string of the molecule is CC(C)(C)Oc1cccc2c1C[C@H](N(Cc1ccccc1)Cc1ccccc1)CO2. The zero-order chi connectivity index (χ0) is 21.0. The molecule has 0 saturated carbocycles. The quantitative estimate of drug-likeness (QED) is 0.516. The van der Waals surface area contributed by atoms with E-state index in [1.54, 1.807) is 0 Å². The van der Waals surface area contributed by atoms with Gasteiger partial charge >= 0.3 is 0 Å². The third-order valence-electron chi connectivity index (χ3n) is 5.35. The molecule has 1 heterocycles. The fourth-order valence-corrected chi connectivity index (χ4v) is 3.97. The molecule has 0 aliphatic carbocycles. The maximum atomic E-state index is 6.27. The van der Waals surface area contributed by atoms with Gasteiger partial charge in [-0.2, -0.15) is 0 Å². The van der Waals surface area contributed by atoms with Gasteiger partial charge in [0, 0.05) is 24.7 Å². The fourth-order valence-electron chi connectivity index (χ4n) is 3.97. The van der Waals surface area contributed by atoms with Crippen LogP contribution in [0, 0.1) is 0 Å². The average Bonchev–Trinajstić information content (AvgIpc) is 2.74. The molecule has 4 rings (SSSR count). The predicted octanol–water partition coefficient (Wildman–Crippen LogP) is 5.87. The van der Waals surface area contributed by atoms with Crippen molar-refractivity contribution in [3.05, 3.63) is 95.6 Å². The molecule has 0 aromatic heterocycles. The van der Waals surface area contributed by atoms with Crippen LogP contribution >= 0.6 is 0 Å². The van der Waals surface area contributed by atoms with Gasteiger partial charge < -0.3 is 9.47 Å². The normalized spacial score (nSPS) is 16.1. The zero-order valence-corrected chi connectivity index (χ0v) is 18.2. The highest BCUT2D eigenvalue weighted by molar-refractivity contribution is 5.47. The van der Waals surface area contributed by atoms with Crippen LogP contribution < -0.4 is 9.47 Å². The summed E-state index contributed by atoms with van der Waals surface area (Å²) >= 11 is 0. The molecule has 0 radical (unpaired) electrons. The van der Waals surface area contributed by atoms with Gasteiger partial charge in [0.25, 0.3) is 0 Å². The molecule has 156 valence electrons. The fraction of sp³-hybridized carbons (Fsp3) is 0.333. The highest BCUT2D eigenvalue weighted by Crippen LogP contribution is 2.36. The minimum atomic E-state index is -0.240. The van der Waals surface area contributed by atoms with Crippen molar-refractivity contribution in [3.8, 4) is 11.5 Å². The monoisotopic (exact) mass is 401 g/mol. The van der Waals surface area contributed by atoms with Crippen LogP contribution in [0.1, 0.15) is 37.5 Å². The van der Waals surface area contributed by atoms with Crippen LogP contribution in [0.2, 0.25) is 0 Å². The molecule has 3 aromatic rings.